The van der Waals surface area contributed by atoms with E-state index in [0.717, 1.165) is 57.1 Å². The summed E-state index contributed by atoms with van der Waals surface area (Å²) in [5.41, 5.74) is 1.26. The van der Waals surface area contributed by atoms with Crippen molar-refractivity contribution in [3.63, 3.8) is 0 Å². The van der Waals surface area contributed by atoms with Gasteiger partial charge in [0.1, 0.15) is 0 Å². The molecule has 1 aromatic rings. The lowest BCUT2D eigenvalue weighted by atomic mass is 9.88. The van der Waals surface area contributed by atoms with Crippen LogP contribution >= 0.6 is 11.8 Å². The van der Waals surface area contributed by atoms with E-state index in [9.17, 15) is 14.4 Å². The van der Waals surface area contributed by atoms with Gasteiger partial charge in [0.05, 0.1) is 16.6 Å². The Kier molecular flexibility index (Phi) is 6.03. The first kappa shape index (κ1) is 20.1. The van der Waals surface area contributed by atoms with E-state index in [0.29, 0.717) is 6.54 Å². The number of amides is 3. The molecule has 1 spiro atoms. The van der Waals surface area contributed by atoms with Crippen molar-refractivity contribution in [3.05, 3.63) is 46.9 Å². The third-order valence-corrected chi connectivity index (χ3v) is 6.57. The largest absolute Gasteiger partial charge is 0.370 e. The normalized spacial score (nSPS) is 25.5. The van der Waals surface area contributed by atoms with Gasteiger partial charge in [-0.05, 0) is 43.0 Å². The Bertz CT molecular complexity index is 818. The minimum Gasteiger partial charge on any atom is -0.370 e. The zero-order valence-electron chi connectivity index (χ0n) is 16.2. The van der Waals surface area contributed by atoms with Crippen LogP contribution in [0.25, 0.3) is 0 Å². The molecule has 1 atom stereocenters. The first-order valence-corrected chi connectivity index (χ1v) is 10.8. The van der Waals surface area contributed by atoms with Crippen LogP contribution in [-0.4, -0.2) is 53.3 Å². The van der Waals surface area contributed by atoms with E-state index in [2.05, 4.69) is 39.8 Å². The number of imide groups is 1. The van der Waals surface area contributed by atoms with Crippen molar-refractivity contribution >= 4 is 28.8 Å². The van der Waals surface area contributed by atoms with Crippen molar-refractivity contribution in [1.29, 1.82) is 0 Å². The first-order chi connectivity index (χ1) is 14.0. The van der Waals surface area contributed by atoms with Gasteiger partial charge >= 0.3 is 0 Å². The van der Waals surface area contributed by atoms with E-state index in [1.807, 2.05) is 6.07 Å². The van der Waals surface area contributed by atoms with E-state index < -0.39 is 11.1 Å². The molecular formula is C21H25N3O4S. The summed E-state index contributed by atoms with van der Waals surface area (Å²) in [7, 11) is 0. The summed E-state index contributed by atoms with van der Waals surface area (Å²) >= 11 is 0.743. The molecule has 154 valence electrons. The van der Waals surface area contributed by atoms with Crippen LogP contribution in [0.1, 0.15) is 31.2 Å². The van der Waals surface area contributed by atoms with Gasteiger partial charge in [-0.25, -0.2) is 0 Å². The van der Waals surface area contributed by atoms with E-state index in [-0.39, 0.29) is 22.5 Å². The maximum absolute atomic E-state index is 12.0. The average Bonchev–Trinajstić information content (AvgIpc) is 3.25. The second-order valence-corrected chi connectivity index (χ2v) is 8.84. The minimum atomic E-state index is -0.520. The molecule has 3 fully saturated rings. The SMILES string of the molecule is O=C(/C=C1\SC(=O)NC1=O)NC[C@@H]1CCC2(CCN(Cc3ccccc3)CC2)O1. The van der Waals surface area contributed by atoms with Crippen molar-refractivity contribution in [3.8, 4) is 0 Å². The number of nitrogens with one attached hydrogen (secondary N) is 2. The number of nitrogens with zero attached hydrogens (tertiary/aromatic N) is 1. The third kappa shape index (κ3) is 5.07. The molecule has 0 aromatic heterocycles. The summed E-state index contributed by atoms with van der Waals surface area (Å²) in [5, 5.41) is 4.48. The van der Waals surface area contributed by atoms with Crippen LogP contribution < -0.4 is 10.6 Å². The average molecular weight is 416 g/mol. The zero-order chi connectivity index (χ0) is 20.3. The highest BCUT2D eigenvalue weighted by atomic mass is 32.2. The Morgan fingerprint density at radius 2 is 2.00 bits per heavy atom. The number of benzene rings is 1. The molecule has 3 amide bonds. The van der Waals surface area contributed by atoms with Crippen LogP contribution in [0, 0.1) is 0 Å². The molecule has 3 saturated heterocycles. The van der Waals surface area contributed by atoms with Crippen molar-refractivity contribution in [2.75, 3.05) is 19.6 Å². The summed E-state index contributed by atoms with van der Waals surface area (Å²) in [5.74, 6) is -0.895. The number of likely N-dealkylation sites (tertiary alicyclic amines) is 1. The van der Waals surface area contributed by atoms with Gasteiger partial charge in [0.25, 0.3) is 11.1 Å². The van der Waals surface area contributed by atoms with Gasteiger partial charge in [-0.3, -0.25) is 24.6 Å². The molecule has 3 aliphatic rings. The number of carbonyl (C=O) groups is 3. The Morgan fingerprint density at radius 3 is 2.69 bits per heavy atom. The summed E-state index contributed by atoms with van der Waals surface area (Å²) in [6.07, 6.45) is 5.12. The standard InChI is InChI=1S/C21H25N3O4S/c25-18(12-17-19(26)23-20(27)29-17)22-13-16-6-7-21(28-16)8-10-24(11-9-21)14-15-4-2-1-3-5-15/h1-5,12,16H,6-11,13-14H2,(H,22,25)(H,23,26,27)/b17-12-/t16-/m0/s1. The second-order valence-electron chi connectivity index (χ2n) is 7.82. The molecular weight excluding hydrogens is 390 g/mol. The van der Waals surface area contributed by atoms with Crippen molar-refractivity contribution in [2.45, 2.75) is 43.9 Å². The van der Waals surface area contributed by atoms with Crippen LogP contribution in [-0.2, 0) is 20.9 Å². The Balaban J connectivity index is 1.21. The molecule has 7 nitrogen and oxygen atoms in total. The molecule has 29 heavy (non-hydrogen) atoms. The van der Waals surface area contributed by atoms with Crippen LogP contribution in [0.5, 0.6) is 0 Å². The molecule has 0 bridgehead atoms. The molecule has 8 heteroatoms. The van der Waals surface area contributed by atoms with E-state index in [1.165, 1.54) is 11.6 Å². The third-order valence-electron chi connectivity index (χ3n) is 5.76. The highest BCUT2D eigenvalue weighted by Crippen LogP contribution is 2.39. The van der Waals surface area contributed by atoms with Crippen LogP contribution in [0.2, 0.25) is 0 Å². The van der Waals surface area contributed by atoms with Gasteiger partial charge < -0.3 is 10.1 Å². The molecule has 3 heterocycles. The lowest BCUT2D eigenvalue weighted by Crippen LogP contribution is -2.44. The maximum atomic E-state index is 12.0. The van der Waals surface area contributed by atoms with Crippen molar-refractivity contribution < 1.29 is 19.1 Å². The lowest BCUT2D eigenvalue weighted by molar-refractivity contribution is -0.119. The van der Waals surface area contributed by atoms with Crippen molar-refractivity contribution in [1.82, 2.24) is 15.5 Å². The fraction of sp³-hybridized carbons (Fsp3) is 0.476. The number of ether oxygens (including phenoxy) is 1. The fourth-order valence-corrected chi connectivity index (χ4v) is 4.83. The van der Waals surface area contributed by atoms with Gasteiger partial charge in [0.2, 0.25) is 5.91 Å². The minimum absolute atomic E-state index is 0.00953. The molecule has 3 aliphatic heterocycles. The van der Waals surface area contributed by atoms with E-state index in [4.69, 9.17) is 4.74 Å². The predicted octanol–water partition coefficient (Wildman–Crippen LogP) is 2.18. The topological polar surface area (TPSA) is 87.7 Å². The second kappa shape index (κ2) is 8.69. The van der Waals surface area contributed by atoms with E-state index in [1.54, 1.807) is 0 Å². The molecule has 1 aromatic carbocycles. The number of rotatable bonds is 5. The Labute approximate surface area is 174 Å². The molecule has 0 saturated carbocycles. The lowest BCUT2D eigenvalue weighted by Gasteiger charge is -2.39. The fourth-order valence-electron chi connectivity index (χ4n) is 4.17. The molecule has 0 aliphatic carbocycles. The van der Waals surface area contributed by atoms with Gasteiger partial charge in [-0.2, -0.15) is 0 Å². The van der Waals surface area contributed by atoms with Crippen LogP contribution in [0.3, 0.4) is 0 Å². The highest BCUT2D eigenvalue weighted by Gasteiger charge is 2.42. The van der Waals surface area contributed by atoms with Gasteiger partial charge in [0, 0.05) is 32.3 Å². The van der Waals surface area contributed by atoms with Gasteiger partial charge in [-0.1, -0.05) is 30.3 Å². The zero-order valence-corrected chi connectivity index (χ0v) is 17.0. The van der Waals surface area contributed by atoms with Crippen LogP contribution in [0.15, 0.2) is 41.3 Å². The van der Waals surface area contributed by atoms with Crippen LogP contribution in [0.4, 0.5) is 4.79 Å². The first-order valence-electron chi connectivity index (χ1n) is 9.98. The molecule has 0 radical (unpaired) electrons. The summed E-state index contributed by atoms with van der Waals surface area (Å²) in [4.78, 5) is 37.3. The Morgan fingerprint density at radius 1 is 1.24 bits per heavy atom. The summed E-state index contributed by atoms with van der Waals surface area (Å²) < 4.78 is 6.35. The molecule has 0 unspecified atom stereocenters. The number of piperidine rings is 1. The molecule has 2 N–H and O–H groups in total. The number of hydrogen-bond donors (Lipinski definition) is 2. The summed E-state index contributed by atoms with van der Waals surface area (Å²) in [6, 6.07) is 10.5. The van der Waals surface area contributed by atoms with Gasteiger partial charge in [0.15, 0.2) is 0 Å². The van der Waals surface area contributed by atoms with Crippen molar-refractivity contribution in [2.24, 2.45) is 0 Å². The predicted molar refractivity (Wildman–Crippen MR) is 110 cm³/mol. The van der Waals surface area contributed by atoms with Gasteiger partial charge in [-0.15, -0.1) is 0 Å². The summed E-state index contributed by atoms with van der Waals surface area (Å²) in [6.45, 7) is 3.42. The van der Waals surface area contributed by atoms with E-state index >= 15 is 0 Å². The maximum Gasteiger partial charge on any atom is 0.290 e. The molecule has 4 rings (SSSR count). The Hall–Kier alpha value is -2.16. The number of hydrogen-bond acceptors (Lipinski definition) is 6. The number of thioether (sulfide) groups is 1. The quantitative estimate of drug-likeness (QED) is 0.717. The monoisotopic (exact) mass is 415 g/mol. The smallest absolute Gasteiger partial charge is 0.290 e. The highest BCUT2D eigenvalue weighted by molar-refractivity contribution is 8.18. The number of carbonyl (C=O) groups excluding carboxylic acids is 3.